The normalized spacial score (nSPS) is 25.9. The molecule has 0 aromatic heterocycles. The average Bonchev–Trinajstić information content (AvgIpc) is 3.03. The van der Waals surface area contributed by atoms with Gasteiger partial charge in [0.2, 0.25) is 0 Å². The van der Waals surface area contributed by atoms with Crippen LogP contribution in [0, 0.1) is 17.7 Å². The van der Waals surface area contributed by atoms with Gasteiger partial charge in [-0.1, -0.05) is 44.9 Å². The SMILES string of the molecule is CCC1CC1(CNCC(C)C)c1ccc(F)cc1Cl. The quantitative estimate of drug-likeness (QED) is 0.816. The first kappa shape index (κ1) is 14.8. The van der Waals surface area contributed by atoms with Crippen molar-refractivity contribution in [1.29, 1.82) is 0 Å². The number of halogens is 2. The maximum atomic E-state index is 13.2. The minimum absolute atomic E-state index is 0.119. The molecule has 19 heavy (non-hydrogen) atoms. The minimum Gasteiger partial charge on any atom is -0.316 e. The van der Waals surface area contributed by atoms with Gasteiger partial charge in [0.05, 0.1) is 0 Å². The highest BCUT2D eigenvalue weighted by molar-refractivity contribution is 6.31. The van der Waals surface area contributed by atoms with Gasteiger partial charge in [0.1, 0.15) is 5.82 Å². The first-order valence-electron chi connectivity index (χ1n) is 7.16. The van der Waals surface area contributed by atoms with E-state index in [1.165, 1.54) is 12.1 Å². The van der Waals surface area contributed by atoms with E-state index in [1.54, 1.807) is 0 Å². The number of nitrogens with one attached hydrogen (secondary N) is 1. The Morgan fingerprint density at radius 3 is 2.74 bits per heavy atom. The van der Waals surface area contributed by atoms with Crippen LogP contribution in [0.1, 0.15) is 39.2 Å². The average molecular weight is 284 g/mol. The van der Waals surface area contributed by atoms with Crippen LogP contribution in [0.3, 0.4) is 0 Å². The van der Waals surface area contributed by atoms with Crippen LogP contribution in [0.2, 0.25) is 5.02 Å². The predicted molar refractivity (Wildman–Crippen MR) is 79.2 cm³/mol. The highest BCUT2D eigenvalue weighted by Crippen LogP contribution is 2.57. The molecule has 0 saturated heterocycles. The Morgan fingerprint density at radius 1 is 1.47 bits per heavy atom. The molecule has 1 aliphatic rings. The maximum absolute atomic E-state index is 13.2. The van der Waals surface area contributed by atoms with E-state index in [1.807, 2.05) is 6.07 Å². The summed E-state index contributed by atoms with van der Waals surface area (Å²) in [4.78, 5) is 0. The lowest BCUT2D eigenvalue weighted by Gasteiger charge is -2.21. The molecule has 1 N–H and O–H groups in total. The molecule has 0 bridgehead atoms. The Balaban J connectivity index is 2.16. The van der Waals surface area contributed by atoms with Crippen molar-refractivity contribution < 1.29 is 4.39 Å². The van der Waals surface area contributed by atoms with Gasteiger partial charge in [0.15, 0.2) is 0 Å². The summed E-state index contributed by atoms with van der Waals surface area (Å²) in [6, 6.07) is 4.83. The van der Waals surface area contributed by atoms with Crippen LogP contribution in [0.15, 0.2) is 18.2 Å². The van der Waals surface area contributed by atoms with Crippen LogP contribution in [-0.2, 0) is 5.41 Å². The molecule has 1 fully saturated rings. The van der Waals surface area contributed by atoms with E-state index in [0.717, 1.165) is 31.5 Å². The van der Waals surface area contributed by atoms with Crippen molar-refractivity contribution >= 4 is 11.6 Å². The standard InChI is InChI=1S/C16H23ClFN/c1-4-12-8-16(12,10-19-9-11(2)3)14-6-5-13(18)7-15(14)17/h5-7,11-12,19H,4,8-10H2,1-3H3. The lowest BCUT2D eigenvalue weighted by molar-refractivity contribution is 0.483. The summed E-state index contributed by atoms with van der Waals surface area (Å²) in [5, 5.41) is 4.11. The molecule has 0 spiro atoms. The van der Waals surface area contributed by atoms with Gasteiger partial charge >= 0.3 is 0 Å². The highest BCUT2D eigenvalue weighted by atomic mass is 35.5. The monoisotopic (exact) mass is 283 g/mol. The van der Waals surface area contributed by atoms with Crippen LogP contribution in [0.25, 0.3) is 0 Å². The molecule has 106 valence electrons. The molecule has 0 radical (unpaired) electrons. The van der Waals surface area contributed by atoms with Crippen LogP contribution >= 0.6 is 11.6 Å². The molecule has 1 aliphatic carbocycles. The van der Waals surface area contributed by atoms with E-state index in [9.17, 15) is 4.39 Å². The third kappa shape index (κ3) is 3.11. The molecule has 2 rings (SSSR count). The van der Waals surface area contributed by atoms with E-state index in [2.05, 4.69) is 26.1 Å². The first-order valence-corrected chi connectivity index (χ1v) is 7.53. The summed E-state index contributed by atoms with van der Waals surface area (Å²) in [6.07, 6.45) is 2.30. The Hall–Kier alpha value is -0.600. The van der Waals surface area contributed by atoms with Crippen molar-refractivity contribution in [3.8, 4) is 0 Å². The second-order valence-corrected chi connectivity index (χ2v) is 6.52. The van der Waals surface area contributed by atoms with Crippen LogP contribution < -0.4 is 5.32 Å². The Labute approximate surface area is 120 Å². The van der Waals surface area contributed by atoms with Crippen LogP contribution in [-0.4, -0.2) is 13.1 Å². The summed E-state index contributed by atoms with van der Waals surface area (Å²) in [6.45, 7) is 8.57. The molecule has 1 nitrogen and oxygen atoms in total. The number of hydrogen-bond acceptors (Lipinski definition) is 1. The third-order valence-corrected chi connectivity index (χ3v) is 4.50. The van der Waals surface area contributed by atoms with Crippen molar-refractivity contribution in [2.24, 2.45) is 11.8 Å². The Bertz CT molecular complexity index is 446. The topological polar surface area (TPSA) is 12.0 Å². The summed E-state index contributed by atoms with van der Waals surface area (Å²) in [5.74, 6) is 1.04. The molecule has 3 heteroatoms. The van der Waals surface area contributed by atoms with Gasteiger partial charge in [-0.2, -0.15) is 0 Å². The zero-order valence-corrected chi connectivity index (χ0v) is 12.7. The van der Waals surface area contributed by atoms with Crippen LogP contribution in [0.4, 0.5) is 4.39 Å². The second-order valence-electron chi connectivity index (χ2n) is 6.11. The van der Waals surface area contributed by atoms with Gasteiger partial charge < -0.3 is 5.32 Å². The largest absolute Gasteiger partial charge is 0.316 e. The molecule has 0 aliphatic heterocycles. The fourth-order valence-electron chi connectivity index (χ4n) is 3.03. The van der Waals surface area contributed by atoms with Crippen molar-refractivity contribution in [2.75, 3.05) is 13.1 Å². The van der Waals surface area contributed by atoms with E-state index < -0.39 is 0 Å². The first-order chi connectivity index (χ1) is 8.99. The fraction of sp³-hybridized carbons (Fsp3) is 0.625. The van der Waals surface area contributed by atoms with Gasteiger partial charge in [0.25, 0.3) is 0 Å². The zero-order valence-electron chi connectivity index (χ0n) is 12.0. The third-order valence-electron chi connectivity index (χ3n) is 4.19. The lowest BCUT2D eigenvalue weighted by atomic mass is 9.92. The number of hydrogen-bond donors (Lipinski definition) is 1. The number of benzene rings is 1. The molecule has 1 saturated carbocycles. The number of rotatable bonds is 6. The Morgan fingerprint density at radius 2 is 2.21 bits per heavy atom. The lowest BCUT2D eigenvalue weighted by Crippen LogP contribution is -2.31. The summed E-state index contributed by atoms with van der Waals surface area (Å²) in [7, 11) is 0. The molecule has 1 aromatic rings. The van der Waals surface area contributed by atoms with Crippen molar-refractivity contribution in [3.05, 3.63) is 34.6 Å². The molecular formula is C16H23ClFN. The van der Waals surface area contributed by atoms with Gasteiger partial charge in [-0.15, -0.1) is 0 Å². The maximum Gasteiger partial charge on any atom is 0.124 e. The molecular weight excluding hydrogens is 261 g/mol. The van der Waals surface area contributed by atoms with Gasteiger partial charge in [-0.25, -0.2) is 4.39 Å². The van der Waals surface area contributed by atoms with Crippen molar-refractivity contribution in [3.63, 3.8) is 0 Å². The summed E-state index contributed by atoms with van der Waals surface area (Å²) < 4.78 is 13.2. The molecule has 1 aromatic carbocycles. The van der Waals surface area contributed by atoms with Gasteiger partial charge in [0, 0.05) is 17.0 Å². The van der Waals surface area contributed by atoms with E-state index in [-0.39, 0.29) is 11.2 Å². The smallest absolute Gasteiger partial charge is 0.124 e. The predicted octanol–water partition coefficient (Wildman–Crippen LogP) is 4.39. The molecule has 2 atom stereocenters. The molecule has 2 unspecified atom stereocenters. The molecule has 0 amide bonds. The van der Waals surface area contributed by atoms with E-state index >= 15 is 0 Å². The van der Waals surface area contributed by atoms with E-state index in [4.69, 9.17) is 11.6 Å². The minimum atomic E-state index is -0.257. The van der Waals surface area contributed by atoms with E-state index in [0.29, 0.717) is 16.9 Å². The van der Waals surface area contributed by atoms with Crippen LogP contribution in [0.5, 0.6) is 0 Å². The van der Waals surface area contributed by atoms with Gasteiger partial charge in [-0.3, -0.25) is 0 Å². The zero-order chi connectivity index (χ0) is 14.0. The second kappa shape index (κ2) is 5.80. The fourth-order valence-corrected chi connectivity index (χ4v) is 3.39. The molecule has 0 heterocycles. The Kier molecular flexibility index (Phi) is 4.52. The summed E-state index contributed by atoms with van der Waals surface area (Å²) in [5.41, 5.74) is 1.23. The van der Waals surface area contributed by atoms with Crippen molar-refractivity contribution in [1.82, 2.24) is 5.32 Å². The van der Waals surface area contributed by atoms with Crippen molar-refractivity contribution in [2.45, 2.75) is 39.0 Å². The summed E-state index contributed by atoms with van der Waals surface area (Å²) >= 11 is 6.25. The van der Waals surface area contributed by atoms with Gasteiger partial charge in [-0.05, 0) is 42.5 Å². The highest BCUT2D eigenvalue weighted by Gasteiger charge is 2.54.